The van der Waals surface area contributed by atoms with Gasteiger partial charge in [0.05, 0.1) is 17.2 Å². The molecule has 2 unspecified atom stereocenters. The Kier molecular flexibility index (Phi) is 2.93. The molecule has 0 aliphatic carbocycles. The maximum absolute atomic E-state index is 11.4. The van der Waals surface area contributed by atoms with E-state index in [0.29, 0.717) is 0 Å². The van der Waals surface area contributed by atoms with Crippen LogP contribution in [0.3, 0.4) is 0 Å². The zero-order valence-electron chi connectivity index (χ0n) is 8.79. The summed E-state index contributed by atoms with van der Waals surface area (Å²) < 4.78 is 4.43. The first-order valence-electron chi connectivity index (χ1n) is 5.02. The van der Waals surface area contributed by atoms with Crippen molar-refractivity contribution in [2.75, 3.05) is 6.54 Å². The number of ether oxygens (including phenoxy) is 1. The number of cyclic esters (lactones) is 2. The quantitative estimate of drug-likeness (QED) is 0.476. The number of fused-ring (bicyclic) bond motifs is 1. The van der Waals surface area contributed by atoms with Gasteiger partial charge in [-0.25, -0.2) is 9.59 Å². The van der Waals surface area contributed by atoms with Crippen molar-refractivity contribution in [1.29, 1.82) is 0 Å². The summed E-state index contributed by atoms with van der Waals surface area (Å²) in [6.07, 6.45) is -2.53. The molecule has 1 aromatic carbocycles. The number of hydrogen-bond donors (Lipinski definition) is 3. The maximum atomic E-state index is 11.4. The number of aliphatic hydroxyl groups is 2. The molecule has 0 saturated heterocycles. The third-order valence-corrected chi connectivity index (χ3v) is 2.63. The van der Waals surface area contributed by atoms with Crippen molar-refractivity contribution in [1.82, 2.24) is 0 Å². The van der Waals surface area contributed by atoms with E-state index in [1.54, 1.807) is 0 Å². The Morgan fingerprint density at radius 2 is 1.94 bits per heavy atom. The predicted molar refractivity (Wildman–Crippen MR) is 56.2 cm³/mol. The van der Waals surface area contributed by atoms with Gasteiger partial charge in [0.2, 0.25) is 0 Å². The second-order valence-corrected chi connectivity index (χ2v) is 3.69. The van der Waals surface area contributed by atoms with Gasteiger partial charge in [-0.15, -0.1) is 0 Å². The van der Waals surface area contributed by atoms with Crippen LogP contribution in [-0.4, -0.2) is 34.8 Å². The highest BCUT2D eigenvalue weighted by atomic mass is 16.6. The van der Waals surface area contributed by atoms with Crippen LogP contribution in [-0.2, 0) is 4.74 Å². The Labute approximate surface area is 96.6 Å². The first-order valence-corrected chi connectivity index (χ1v) is 5.02. The lowest BCUT2D eigenvalue weighted by molar-refractivity contribution is 0.0232. The molecule has 0 aromatic heterocycles. The van der Waals surface area contributed by atoms with Crippen LogP contribution in [0.25, 0.3) is 0 Å². The number of benzene rings is 1. The predicted octanol–water partition coefficient (Wildman–Crippen LogP) is -0.650. The van der Waals surface area contributed by atoms with Gasteiger partial charge in [0.15, 0.2) is 0 Å². The fraction of sp³-hybridized carbons (Fsp3) is 0.273. The normalized spacial score (nSPS) is 17.6. The lowest BCUT2D eigenvalue weighted by Gasteiger charge is -2.17. The van der Waals surface area contributed by atoms with Gasteiger partial charge < -0.3 is 20.7 Å². The molecule has 6 nitrogen and oxygen atoms in total. The molecule has 4 N–H and O–H groups in total. The van der Waals surface area contributed by atoms with Crippen molar-refractivity contribution in [2.24, 2.45) is 5.73 Å². The third kappa shape index (κ3) is 1.82. The van der Waals surface area contributed by atoms with E-state index in [1.165, 1.54) is 18.2 Å². The van der Waals surface area contributed by atoms with Gasteiger partial charge in [-0.05, 0) is 11.6 Å². The van der Waals surface area contributed by atoms with E-state index in [0.717, 1.165) is 0 Å². The van der Waals surface area contributed by atoms with Crippen LogP contribution in [0.2, 0.25) is 0 Å². The second-order valence-electron chi connectivity index (χ2n) is 3.69. The largest absolute Gasteiger partial charge is 0.389 e. The van der Waals surface area contributed by atoms with Gasteiger partial charge in [-0.2, -0.15) is 0 Å². The summed E-state index contributed by atoms with van der Waals surface area (Å²) in [5, 5.41) is 19.3. The Morgan fingerprint density at radius 3 is 2.59 bits per heavy atom. The minimum absolute atomic E-state index is 0.00231. The van der Waals surface area contributed by atoms with E-state index in [2.05, 4.69) is 4.74 Å². The van der Waals surface area contributed by atoms with Crippen molar-refractivity contribution < 1.29 is 24.5 Å². The average Bonchev–Trinajstić information content (AvgIpc) is 2.63. The first-order chi connectivity index (χ1) is 8.06. The van der Waals surface area contributed by atoms with E-state index in [9.17, 15) is 19.8 Å². The van der Waals surface area contributed by atoms with Crippen molar-refractivity contribution in [3.05, 3.63) is 34.9 Å². The van der Waals surface area contributed by atoms with Crippen molar-refractivity contribution in [3.8, 4) is 0 Å². The van der Waals surface area contributed by atoms with Crippen molar-refractivity contribution in [3.63, 3.8) is 0 Å². The number of carbonyl (C=O) groups is 2. The zero-order valence-corrected chi connectivity index (χ0v) is 8.79. The number of esters is 2. The number of carbonyl (C=O) groups excluding carboxylic acids is 2. The molecule has 2 atom stereocenters. The summed E-state index contributed by atoms with van der Waals surface area (Å²) in [6, 6.07) is 4.37. The minimum Gasteiger partial charge on any atom is -0.389 e. The third-order valence-electron chi connectivity index (χ3n) is 2.63. The minimum atomic E-state index is -1.33. The molecule has 0 radical (unpaired) electrons. The molecular weight excluding hydrogens is 226 g/mol. The zero-order chi connectivity index (χ0) is 12.6. The summed E-state index contributed by atoms with van der Waals surface area (Å²) in [7, 11) is 0. The molecular formula is C11H11NO5. The maximum Gasteiger partial charge on any atom is 0.347 e. The highest BCUT2D eigenvalue weighted by Gasteiger charge is 2.34. The van der Waals surface area contributed by atoms with Crippen LogP contribution in [0.1, 0.15) is 32.4 Å². The molecule has 2 rings (SSSR count). The molecule has 6 heteroatoms. The smallest absolute Gasteiger partial charge is 0.347 e. The highest BCUT2D eigenvalue weighted by molar-refractivity contribution is 6.15. The molecule has 0 fully saturated rings. The number of aliphatic hydroxyl groups excluding tert-OH is 2. The molecule has 0 amide bonds. The summed E-state index contributed by atoms with van der Waals surface area (Å²) in [5.41, 5.74) is 5.46. The fourth-order valence-corrected chi connectivity index (χ4v) is 1.74. The van der Waals surface area contributed by atoms with Crippen LogP contribution < -0.4 is 5.73 Å². The average molecular weight is 237 g/mol. The Morgan fingerprint density at radius 1 is 1.24 bits per heavy atom. The van der Waals surface area contributed by atoms with Gasteiger partial charge in [0, 0.05) is 6.54 Å². The van der Waals surface area contributed by atoms with Crippen LogP contribution in [0.5, 0.6) is 0 Å². The van der Waals surface area contributed by atoms with Crippen LogP contribution in [0.15, 0.2) is 18.2 Å². The van der Waals surface area contributed by atoms with Crippen LogP contribution in [0.4, 0.5) is 0 Å². The van der Waals surface area contributed by atoms with E-state index < -0.39 is 24.1 Å². The van der Waals surface area contributed by atoms with Gasteiger partial charge in [0.25, 0.3) is 0 Å². The SMILES string of the molecule is NCC(O)C(O)c1cccc2c1C(=O)OC2=O. The Bertz CT molecular complexity index is 485. The summed E-state index contributed by atoms with van der Waals surface area (Å²) in [4.78, 5) is 22.7. The Hall–Kier alpha value is -1.76. The Balaban J connectivity index is 2.50. The number of hydrogen-bond acceptors (Lipinski definition) is 6. The van der Waals surface area contributed by atoms with E-state index >= 15 is 0 Å². The van der Waals surface area contributed by atoms with E-state index in [1.807, 2.05) is 0 Å². The lowest BCUT2D eigenvalue weighted by Crippen LogP contribution is -2.28. The van der Waals surface area contributed by atoms with Crippen molar-refractivity contribution in [2.45, 2.75) is 12.2 Å². The summed E-state index contributed by atoms with van der Waals surface area (Å²) in [6.45, 7) is -0.159. The first kappa shape index (κ1) is 11.7. The highest BCUT2D eigenvalue weighted by Crippen LogP contribution is 2.29. The molecule has 90 valence electrons. The second kappa shape index (κ2) is 4.25. The van der Waals surface area contributed by atoms with Gasteiger partial charge >= 0.3 is 11.9 Å². The number of nitrogens with two attached hydrogens (primary N) is 1. The van der Waals surface area contributed by atoms with Crippen LogP contribution in [0, 0.1) is 0 Å². The summed E-state index contributed by atoms with van der Waals surface area (Å²) >= 11 is 0. The van der Waals surface area contributed by atoms with Gasteiger partial charge in [0.1, 0.15) is 6.10 Å². The van der Waals surface area contributed by atoms with E-state index in [-0.39, 0.29) is 23.2 Å². The standard InChI is InChI=1S/C11H11NO5/c12-4-7(13)9(14)5-2-1-3-6-8(5)11(16)17-10(6)15/h1-3,7,9,13-14H,4,12H2. The van der Waals surface area contributed by atoms with Gasteiger partial charge in [-0.3, -0.25) is 0 Å². The fourth-order valence-electron chi connectivity index (χ4n) is 1.74. The summed E-state index contributed by atoms with van der Waals surface area (Å²) in [5.74, 6) is -1.56. The topological polar surface area (TPSA) is 110 Å². The monoisotopic (exact) mass is 237 g/mol. The molecule has 0 bridgehead atoms. The molecule has 0 spiro atoms. The van der Waals surface area contributed by atoms with E-state index in [4.69, 9.17) is 5.73 Å². The molecule has 1 heterocycles. The molecule has 1 aromatic rings. The molecule has 1 aliphatic heterocycles. The molecule has 17 heavy (non-hydrogen) atoms. The number of rotatable bonds is 3. The lowest BCUT2D eigenvalue weighted by atomic mass is 9.96. The molecule has 1 aliphatic rings. The van der Waals surface area contributed by atoms with Gasteiger partial charge in [-0.1, -0.05) is 12.1 Å². The molecule has 0 saturated carbocycles. The van der Waals surface area contributed by atoms with Crippen LogP contribution >= 0.6 is 0 Å². The van der Waals surface area contributed by atoms with Crippen molar-refractivity contribution >= 4 is 11.9 Å².